The van der Waals surface area contributed by atoms with Gasteiger partial charge in [-0.25, -0.2) is 0 Å². The van der Waals surface area contributed by atoms with Crippen LogP contribution in [0.5, 0.6) is 0 Å². The third-order valence-electron chi connectivity index (χ3n) is 2.10. The van der Waals surface area contributed by atoms with Crippen molar-refractivity contribution in [3.8, 4) is 0 Å². The Morgan fingerprint density at radius 1 is 0.714 bits per heavy atom. The molecule has 0 amide bonds. The molecule has 0 aromatic heterocycles. The second-order valence-corrected chi connectivity index (χ2v) is 6.37. The Hall–Kier alpha value is 0.250. The Bertz CT molecular complexity index is 114. The number of rotatable bonds is 4. The van der Waals surface area contributed by atoms with Gasteiger partial charge in [0.1, 0.15) is 0 Å². The van der Waals surface area contributed by atoms with E-state index < -0.39 is 0 Å². The second kappa shape index (κ2) is 6.68. The highest BCUT2D eigenvalue weighted by Gasteiger charge is 2.11. The lowest BCUT2D eigenvalue weighted by Crippen LogP contribution is -2.24. The third-order valence-corrected chi connectivity index (χ3v) is 2.10. The Morgan fingerprint density at radius 3 is 1.21 bits per heavy atom. The Morgan fingerprint density at radius 2 is 1.00 bits per heavy atom. The molecule has 0 aromatic rings. The van der Waals surface area contributed by atoms with Crippen LogP contribution in [0.15, 0.2) is 0 Å². The van der Waals surface area contributed by atoms with Crippen molar-refractivity contribution in [3.63, 3.8) is 0 Å². The molecule has 0 aliphatic heterocycles. The molecule has 0 aliphatic carbocycles. The number of hydrogen-bond donors (Lipinski definition) is 1. The van der Waals surface area contributed by atoms with Gasteiger partial charge in [-0.1, -0.05) is 41.5 Å². The highest BCUT2D eigenvalue weighted by Crippen LogP contribution is 2.18. The molecule has 1 nitrogen and oxygen atoms in total. The first-order chi connectivity index (χ1) is 5.71. The minimum absolute atomic E-state index is 0. The van der Waals surface area contributed by atoms with E-state index in [4.69, 9.17) is 0 Å². The SMILES string of the molecule is CC(C)(C)CCNCCC(C)(C)C.Cl. The van der Waals surface area contributed by atoms with Crippen LogP contribution in [0.3, 0.4) is 0 Å². The highest BCUT2D eigenvalue weighted by atomic mass is 35.5. The minimum Gasteiger partial charge on any atom is -0.317 e. The Balaban J connectivity index is 0. The van der Waals surface area contributed by atoms with Crippen molar-refractivity contribution in [1.82, 2.24) is 5.32 Å². The van der Waals surface area contributed by atoms with Crippen LogP contribution in [0.1, 0.15) is 54.4 Å². The summed E-state index contributed by atoms with van der Waals surface area (Å²) >= 11 is 0. The normalized spacial score (nSPS) is 12.4. The summed E-state index contributed by atoms with van der Waals surface area (Å²) in [5.41, 5.74) is 0.934. The molecule has 0 heterocycles. The summed E-state index contributed by atoms with van der Waals surface area (Å²) in [7, 11) is 0. The molecule has 1 N–H and O–H groups in total. The minimum atomic E-state index is 0. The molecule has 0 saturated heterocycles. The molecule has 0 rings (SSSR count). The third kappa shape index (κ3) is 14.8. The largest absolute Gasteiger partial charge is 0.317 e. The van der Waals surface area contributed by atoms with Crippen molar-refractivity contribution in [2.45, 2.75) is 54.4 Å². The molecular formula is C12H28ClN. The van der Waals surface area contributed by atoms with Crippen molar-refractivity contribution >= 4 is 12.4 Å². The zero-order valence-corrected chi connectivity index (χ0v) is 11.6. The van der Waals surface area contributed by atoms with E-state index in [1.165, 1.54) is 12.8 Å². The highest BCUT2D eigenvalue weighted by molar-refractivity contribution is 5.85. The van der Waals surface area contributed by atoms with Gasteiger partial charge in [-0.3, -0.25) is 0 Å². The monoisotopic (exact) mass is 221 g/mol. The molecule has 0 atom stereocenters. The first-order valence-corrected chi connectivity index (χ1v) is 5.41. The topological polar surface area (TPSA) is 12.0 Å². The van der Waals surface area contributed by atoms with Gasteiger partial charge in [0.05, 0.1) is 0 Å². The van der Waals surface area contributed by atoms with Crippen molar-refractivity contribution < 1.29 is 0 Å². The van der Waals surface area contributed by atoms with Crippen LogP contribution >= 0.6 is 12.4 Å². The van der Waals surface area contributed by atoms with E-state index in [9.17, 15) is 0 Å². The standard InChI is InChI=1S/C12H27N.ClH/c1-11(2,3)7-9-13-10-8-12(4,5)6;/h13H,7-10H2,1-6H3;1H. The Labute approximate surface area is 96.5 Å². The van der Waals surface area contributed by atoms with E-state index in [1.807, 2.05) is 0 Å². The van der Waals surface area contributed by atoms with Gasteiger partial charge in [0.2, 0.25) is 0 Å². The average Bonchev–Trinajstić information content (AvgIpc) is 1.81. The lowest BCUT2D eigenvalue weighted by Gasteiger charge is -2.20. The summed E-state index contributed by atoms with van der Waals surface area (Å²) in [6.07, 6.45) is 2.52. The fourth-order valence-electron chi connectivity index (χ4n) is 1.05. The van der Waals surface area contributed by atoms with Crippen LogP contribution in [0, 0.1) is 10.8 Å². The maximum Gasteiger partial charge on any atom is -0.00439 e. The van der Waals surface area contributed by atoms with E-state index >= 15 is 0 Å². The maximum atomic E-state index is 3.50. The number of nitrogens with one attached hydrogen (secondary N) is 1. The van der Waals surface area contributed by atoms with Gasteiger partial charge in [0, 0.05) is 0 Å². The van der Waals surface area contributed by atoms with Crippen LogP contribution in [0.2, 0.25) is 0 Å². The molecule has 0 fully saturated rings. The van der Waals surface area contributed by atoms with E-state index in [2.05, 4.69) is 46.9 Å². The van der Waals surface area contributed by atoms with E-state index in [0.29, 0.717) is 10.8 Å². The molecule has 0 bridgehead atoms. The number of halogens is 1. The molecule has 0 radical (unpaired) electrons. The van der Waals surface area contributed by atoms with Crippen LogP contribution < -0.4 is 5.32 Å². The molecule has 14 heavy (non-hydrogen) atoms. The zero-order chi connectivity index (χ0) is 10.5. The average molecular weight is 222 g/mol. The molecule has 2 heteroatoms. The summed E-state index contributed by atoms with van der Waals surface area (Å²) in [5, 5.41) is 3.50. The molecular weight excluding hydrogens is 194 g/mol. The van der Waals surface area contributed by atoms with Crippen molar-refractivity contribution in [2.24, 2.45) is 10.8 Å². The van der Waals surface area contributed by atoms with E-state index in [0.717, 1.165) is 13.1 Å². The van der Waals surface area contributed by atoms with Gasteiger partial charge in [0.25, 0.3) is 0 Å². The fraction of sp³-hybridized carbons (Fsp3) is 1.00. The van der Waals surface area contributed by atoms with Gasteiger partial charge in [-0.05, 0) is 36.8 Å². The van der Waals surface area contributed by atoms with Gasteiger partial charge in [0.15, 0.2) is 0 Å². The van der Waals surface area contributed by atoms with Crippen molar-refractivity contribution in [2.75, 3.05) is 13.1 Å². The molecule has 0 aliphatic rings. The van der Waals surface area contributed by atoms with Crippen molar-refractivity contribution in [3.05, 3.63) is 0 Å². The van der Waals surface area contributed by atoms with Crippen molar-refractivity contribution in [1.29, 1.82) is 0 Å². The Kier molecular flexibility index (Phi) is 7.96. The second-order valence-electron chi connectivity index (χ2n) is 6.37. The molecule has 0 spiro atoms. The van der Waals surface area contributed by atoms with Crippen LogP contribution in [0.4, 0.5) is 0 Å². The smallest absolute Gasteiger partial charge is 0.00439 e. The van der Waals surface area contributed by atoms with Gasteiger partial charge in [-0.15, -0.1) is 12.4 Å². The van der Waals surface area contributed by atoms with Crippen LogP contribution in [0.25, 0.3) is 0 Å². The van der Waals surface area contributed by atoms with E-state index in [-0.39, 0.29) is 12.4 Å². The molecule has 0 saturated carbocycles. The first kappa shape index (κ1) is 16.7. The number of hydrogen-bond acceptors (Lipinski definition) is 1. The fourth-order valence-corrected chi connectivity index (χ4v) is 1.05. The predicted octanol–water partition coefficient (Wildman–Crippen LogP) is 3.87. The van der Waals surface area contributed by atoms with Crippen LogP contribution in [-0.4, -0.2) is 13.1 Å². The summed E-state index contributed by atoms with van der Waals surface area (Å²) in [5.74, 6) is 0. The lowest BCUT2D eigenvalue weighted by molar-refractivity contribution is 0.340. The first-order valence-electron chi connectivity index (χ1n) is 5.41. The predicted molar refractivity (Wildman–Crippen MR) is 68.3 cm³/mol. The maximum absolute atomic E-state index is 3.50. The molecule has 0 aromatic carbocycles. The lowest BCUT2D eigenvalue weighted by atomic mass is 9.91. The quantitative estimate of drug-likeness (QED) is 0.711. The van der Waals surface area contributed by atoms with Gasteiger partial charge >= 0.3 is 0 Å². The summed E-state index contributed by atoms with van der Waals surface area (Å²) in [6, 6.07) is 0. The zero-order valence-electron chi connectivity index (χ0n) is 10.7. The summed E-state index contributed by atoms with van der Waals surface area (Å²) in [4.78, 5) is 0. The van der Waals surface area contributed by atoms with E-state index in [1.54, 1.807) is 0 Å². The summed E-state index contributed by atoms with van der Waals surface area (Å²) < 4.78 is 0. The van der Waals surface area contributed by atoms with Gasteiger partial charge in [-0.2, -0.15) is 0 Å². The molecule has 0 unspecified atom stereocenters. The summed E-state index contributed by atoms with van der Waals surface area (Å²) in [6.45, 7) is 16.0. The molecule has 88 valence electrons. The van der Waals surface area contributed by atoms with Gasteiger partial charge < -0.3 is 5.32 Å². The van der Waals surface area contributed by atoms with Crippen LogP contribution in [-0.2, 0) is 0 Å².